The van der Waals surface area contributed by atoms with E-state index in [1.165, 1.54) is 50.8 Å². The molecule has 1 aliphatic rings. The van der Waals surface area contributed by atoms with E-state index in [0.29, 0.717) is 12.1 Å². The van der Waals surface area contributed by atoms with Crippen molar-refractivity contribution in [3.63, 3.8) is 0 Å². The van der Waals surface area contributed by atoms with Crippen molar-refractivity contribution in [2.45, 2.75) is 58.0 Å². The number of benzene rings is 1. The molecule has 1 N–H and O–H groups in total. The van der Waals surface area contributed by atoms with Crippen molar-refractivity contribution in [1.29, 1.82) is 0 Å². The molecule has 0 bridgehead atoms. The number of hydrogen-bond donors (Lipinski definition) is 1. The van der Waals surface area contributed by atoms with E-state index in [1.807, 2.05) is 12.1 Å². The zero-order valence-electron chi connectivity index (χ0n) is 13.4. The molecule has 0 aliphatic carbocycles. The van der Waals surface area contributed by atoms with Gasteiger partial charge in [-0.15, -0.1) is 0 Å². The SMILES string of the molecule is CCCC(NCC(C)N1CCCCC1)c1ccc(Cl)cc1. The molecule has 2 nitrogen and oxygen atoms in total. The van der Waals surface area contributed by atoms with E-state index in [-0.39, 0.29) is 0 Å². The number of rotatable bonds is 7. The highest BCUT2D eigenvalue weighted by Gasteiger charge is 2.18. The highest BCUT2D eigenvalue weighted by Crippen LogP contribution is 2.21. The maximum Gasteiger partial charge on any atom is 0.0406 e. The van der Waals surface area contributed by atoms with Crippen LogP contribution in [-0.2, 0) is 0 Å². The van der Waals surface area contributed by atoms with Gasteiger partial charge < -0.3 is 5.32 Å². The van der Waals surface area contributed by atoms with Crippen LogP contribution in [0.4, 0.5) is 0 Å². The summed E-state index contributed by atoms with van der Waals surface area (Å²) in [5.41, 5.74) is 1.35. The van der Waals surface area contributed by atoms with Crippen LogP contribution in [0, 0.1) is 0 Å². The quantitative estimate of drug-likeness (QED) is 0.789. The van der Waals surface area contributed by atoms with Gasteiger partial charge in [-0.25, -0.2) is 0 Å². The Morgan fingerprint density at radius 2 is 1.81 bits per heavy atom. The van der Waals surface area contributed by atoms with E-state index in [9.17, 15) is 0 Å². The third kappa shape index (κ3) is 5.28. The maximum atomic E-state index is 6.00. The zero-order chi connectivity index (χ0) is 15.1. The van der Waals surface area contributed by atoms with Crippen molar-refractivity contribution in [3.8, 4) is 0 Å². The van der Waals surface area contributed by atoms with Crippen LogP contribution < -0.4 is 5.32 Å². The minimum atomic E-state index is 0.444. The molecular weight excluding hydrogens is 280 g/mol. The van der Waals surface area contributed by atoms with Crippen LogP contribution in [0.1, 0.15) is 57.6 Å². The van der Waals surface area contributed by atoms with Gasteiger partial charge in [-0.1, -0.05) is 43.5 Å². The van der Waals surface area contributed by atoms with E-state index in [2.05, 4.69) is 36.2 Å². The molecule has 1 aromatic carbocycles. The molecule has 1 aliphatic heterocycles. The maximum absolute atomic E-state index is 6.00. The van der Waals surface area contributed by atoms with E-state index in [4.69, 9.17) is 11.6 Å². The van der Waals surface area contributed by atoms with Crippen molar-refractivity contribution in [1.82, 2.24) is 10.2 Å². The van der Waals surface area contributed by atoms with Crippen LogP contribution in [0.5, 0.6) is 0 Å². The minimum Gasteiger partial charge on any atom is -0.308 e. The van der Waals surface area contributed by atoms with Crippen LogP contribution in [-0.4, -0.2) is 30.6 Å². The van der Waals surface area contributed by atoms with E-state index >= 15 is 0 Å². The van der Waals surface area contributed by atoms with Crippen molar-refractivity contribution < 1.29 is 0 Å². The Morgan fingerprint density at radius 1 is 1.14 bits per heavy atom. The molecule has 1 fully saturated rings. The van der Waals surface area contributed by atoms with Crippen molar-refractivity contribution in [2.24, 2.45) is 0 Å². The van der Waals surface area contributed by atoms with Crippen molar-refractivity contribution >= 4 is 11.6 Å². The van der Waals surface area contributed by atoms with Gasteiger partial charge in [0, 0.05) is 23.7 Å². The smallest absolute Gasteiger partial charge is 0.0406 e. The summed E-state index contributed by atoms with van der Waals surface area (Å²) in [6.45, 7) is 8.19. The first-order chi connectivity index (χ1) is 10.2. The summed E-state index contributed by atoms with van der Waals surface area (Å²) in [4.78, 5) is 2.63. The third-order valence-electron chi connectivity index (χ3n) is 4.52. The van der Waals surface area contributed by atoms with Crippen LogP contribution in [0.25, 0.3) is 0 Å². The molecule has 1 heterocycles. The van der Waals surface area contributed by atoms with Crippen LogP contribution in [0.3, 0.4) is 0 Å². The summed E-state index contributed by atoms with van der Waals surface area (Å²) in [6, 6.07) is 9.36. The molecule has 0 amide bonds. The molecule has 2 atom stereocenters. The average Bonchev–Trinajstić information content (AvgIpc) is 2.53. The van der Waals surface area contributed by atoms with Crippen molar-refractivity contribution in [2.75, 3.05) is 19.6 Å². The van der Waals surface area contributed by atoms with Gasteiger partial charge in [-0.2, -0.15) is 0 Å². The molecular formula is C18H29ClN2. The highest BCUT2D eigenvalue weighted by molar-refractivity contribution is 6.30. The Balaban J connectivity index is 1.88. The average molecular weight is 309 g/mol. The summed E-state index contributed by atoms with van der Waals surface area (Å²) < 4.78 is 0. The Morgan fingerprint density at radius 3 is 2.43 bits per heavy atom. The van der Waals surface area contributed by atoms with Gasteiger partial charge in [0.15, 0.2) is 0 Å². The van der Waals surface area contributed by atoms with Crippen molar-refractivity contribution in [3.05, 3.63) is 34.9 Å². The lowest BCUT2D eigenvalue weighted by Crippen LogP contribution is -2.43. The first-order valence-corrected chi connectivity index (χ1v) is 8.81. The zero-order valence-corrected chi connectivity index (χ0v) is 14.2. The lowest BCUT2D eigenvalue weighted by Gasteiger charge is -2.33. The Bertz CT molecular complexity index is 398. The van der Waals surface area contributed by atoms with Crippen LogP contribution in [0.15, 0.2) is 24.3 Å². The number of likely N-dealkylation sites (tertiary alicyclic amines) is 1. The minimum absolute atomic E-state index is 0.444. The van der Waals surface area contributed by atoms with Gasteiger partial charge >= 0.3 is 0 Å². The topological polar surface area (TPSA) is 15.3 Å². The number of nitrogens with zero attached hydrogens (tertiary/aromatic N) is 1. The van der Waals surface area contributed by atoms with Crippen LogP contribution >= 0.6 is 11.6 Å². The van der Waals surface area contributed by atoms with Gasteiger partial charge in [0.1, 0.15) is 0 Å². The fourth-order valence-electron chi connectivity index (χ4n) is 3.17. The summed E-state index contributed by atoms with van der Waals surface area (Å²) in [5, 5.41) is 4.58. The predicted octanol–water partition coefficient (Wildman–Crippen LogP) is 4.65. The molecule has 1 aromatic rings. The lowest BCUT2D eigenvalue weighted by atomic mass is 10.0. The molecule has 118 valence electrons. The van der Waals surface area contributed by atoms with E-state index in [0.717, 1.165) is 11.6 Å². The molecule has 2 unspecified atom stereocenters. The normalized spacial score (nSPS) is 19.4. The molecule has 21 heavy (non-hydrogen) atoms. The molecule has 2 rings (SSSR count). The Hall–Kier alpha value is -0.570. The molecule has 0 aromatic heterocycles. The summed E-state index contributed by atoms with van der Waals surface area (Å²) in [5.74, 6) is 0. The van der Waals surface area contributed by atoms with Gasteiger partial charge in [0.05, 0.1) is 0 Å². The second kappa shape index (κ2) is 8.77. The predicted molar refractivity (Wildman–Crippen MR) is 92.0 cm³/mol. The molecule has 0 radical (unpaired) electrons. The molecule has 0 saturated carbocycles. The first kappa shape index (κ1) is 16.8. The standard InChI is InChI=1S/C18H29ClN2/c1-3-7-18(16-8-10-17(19)11-9-16)20-14-15(2)21-12-5-4-6-13-21/h8-11,15,18,20H,3-7,12-14H2,1-2H3. The highest BCUT2D eigenvalue weighted by atomic mass is 35.5. The van der Waals surface area contributed by atoms with Gasteiger partial charge in [0.2, 0.25) is 0 Å². The first-order valence-electron chi connectivity index (χ1n) is 8.43. The monoisotopic (exact) mass is 308 g/mol. The van der Waals surface area contributed by atoms with Gasteiger partial charge in [-0.3, -0.25) is 4.90 Å². The third-order valence-corrected chi connectivity index (χ3v) is 4.78. The molecule has 0 spiro atoms. The fourth-order valence-corrected chi connectivity index (χ4v) is 3.30. The van der Waals surface area contributed by atoms with E-state index in [1.54, 1.807) is 0 Å². The Labute approximate surface area is 134 Å². The number of piperidine rings is 1. The summed E-state index contributed by atoms with van der Waals surface area (Å²) in [6.07, 6.45) is 6.49. The van der Waals surface area contributed by atoms with Gasteiger partial charge in [-0.05, 0) is 57.0 Å². The lowest BCUT2D eigenvalue weighted by molar-refractivity contribution is 0.167. The summed E-state index contributed by atoms with van der Waals surface area (Å²) in [7, 11) is 0. The molecule has 1 saturated heterocycles. The summed E-state index contributed by atoms with van der Waals surface area (Å²) >= 11 is 6.00. The number of nitrogens with one attached hydrogen (secondary N) is 1. The van der Waals surface area contributed by atoms with Crippen LogP contribution in [0.2, 0.25) is 5.02 Å². The second-order valence-electron chi connectivity index (χ2n) is 6.25. The van der Waals surface area contributed by atoms with E-state index < -0.39 is 0 Å². The second-order valence-corrected chi connectivity index (χ2v) is 6.68. The Kier molecular flexibility index (Phi) is 7.01. The number of hydrogen-bond acceptors (Lipinski definition) is 2. The largest absolute Gasteiger partial charge is 0.308 e. The van der Waals surface area contributed by atoms with Gasteiger partial charge in [0.25, 0.3) is 0 Å². The fraction of sp³-hybridized carbons (Fsp3) is 0.667. The number of halogens is 1. The molecule has 3 heteroatoms.